The molecule has 2 heteroatoms. The van der Waals surface area contributed by atoms with E-state index in [1.54, 1.807) is 0 Å². The van der Waals surface area contributed by atoms with E-state index in [0.29, 0.717) is 5.41 Å². The summed E-state index contributed by atoms with van der Waals surface area (Å²) in [6.45, 7) is 5.13. The van der Waals surface area contributed by atoms with Crippen molar-refractivity contribution in [3.8, 4) is 5.75 Å². The summed E-state index contributed by atoms with van der Waals surface area (Å²) in [6.07, 6.45) is 6.67. The second-order valence-electron chi connectivity index (χ2n) is 5.73. The van der Waals surface area contributed by atoms with Gasteiger partial charge in [0.25, 0.3) is 0 Å². The summed E-state index contributed by atoms with van der Waals surface area (Å²) in [7, 11) is 0. The number of rotatable bonds is 4. The molecule has 1 nitrogen and oxygen atoms in total. The van der Waals surface area contributed by atoms with Crippen LogP contribution < -0.4 is 4.74 Å². The molecule has 100 valence electrons. The lowest BCUT2D eigenvalue weighted by atomic mass is 9.76. The first-order valence-corrected chi connectivity index (χ1v) is 8.03. The second kappa shape index (κ2) is 6.10. The van der Waals surface area contributed by atoms with Crippen LogP contribution in [0.25, 0.3) is 0 Å². The van der Waals surface area contributed by atoms with E-state index in [1.165, 1.54) is 43.2 Å². The van der Waals surface area contributed by atoms with Gasteiger partial charge in [-0.25, -0.2) is 0 Å². The van der Waals surface area contributed by atoms with Crippen LogP contribution in [0.3, 0.4) is 0 Å². The number of aryl methyl sites for hydroxylation is 2. The maximum absolute atomic E-state index is 6.05. The molecule has 0 heterocycles. The SMILES string of the molecule is Cc1ccc(OCC2(CBr)CCCCC2)cc1C. The summed E-state index contributed by atoms with van der Waals surface area (Å²) in [4.78, 5) is 0. The van der Waals surface area contributed by atoms with Crippen LogP contribution in [-0.2, 0) is 0 Å². The van der Waals surface area contributed by atoms with Crippen molar-refractivity contribution in [1.82, 2.24) is 0 Å². The molecule has 1 aliphatic rings. The molecule has 1 aliphatic carbocycles. The minimum atomic E-state index is 0.358. The zero-order valence-corrected chi connectivity index (χ0v) is 13.1. The van der Waals surface area contributed by atoms with Crippen molar-refractivity contribution in [3.05, 3.63) is 29.3 Å². The Morgan fingerprint density at radius 1 is 1.11 bits per heavy atom. The van der Waals surface area contributed by atoms with Crippen molar-refractivity contribution in [2.75, 3.05) is 11.9 Å². The van der Waals surface area contributed by atoms with Gasteiger partial charge in [0.2, 0.25) is 0 Å². The molecular weight excluding hydrogens is 288 g/mol. The Balaban J connectivity index is 1.98. The lowest BCUT2D eigenvalue weighted by molar-refractivity contribution is 0.122. The molecule has 1 aromatic rings. The van der Waals surface area contributed by atoms with Gasteiger partial charge in [0.15, 0.2) is 0 Å². The summed E-state index contributed by atoms with van der Waals surface area (Å²) in [6, 6.07) is 6.39. The highest BCUT2D eigenvalue weighted by Gasteiger charge is 2.31. The largest absolute Gasteiger partial charge is 0.493 e. The Labute approximate surface area is 119 Å². The van der Waals surface area contributed by atoms with Crippen molar-refractivity contribution >= 4 is 15.9 Å². The predicted molar refractivity (Wildman–Crippen MR) is 80.7 cm³/mol. The highest BCUT2D eigenvalue weighted by atomic mass is 79.9. The topological polar surface area (TPSA) is 9.23 Å². The number of benzene rings is 1. The van der Waals surface area contributed by atoms with Gasteiger partial charge in [-0.15, -0.1) is 0 Å². The minimum Gasteiger partial charge on any atom is -0.493 e. The Bertz CT molecular complexity index is 394. The number of alkyl halides is 1. The molecule has 0 amide bonds. The molecule has 0 aliphatic heterocycles. The molecule has 0 saturated heterocycles. The Hall–Kier alpha value is -0.500. The van der Waals surface area contributed by atoms with Crippen LogP contribution in [0.2, 0.25) is 0 Å². The molecule has 1 fully saturated rings. The molecule has 0 aromatic heterocycles. The molecule has 0 bridgehead atoms. The van der Waals surface area contributed by atoms with E-state index >= 15 is 0 Å². The van der Waals surface area contributed by atoms with E-state index in [4.69, 9.17) is 4.74 Å². The van der Waals surface area contributed by atoms with Crippen LogP contribution in [0.4, 0.5) is 0 Å². The third-order valence-corrected chi connectivity index (χ3v) is 5.41. The van der Waals surface area contributed by atoms with Gasteiger partial charge in [-0.1, -0.05) is 41.3 Å². The van der Waals surface area contributed by atoms with Crippen LogP contribution in [0.5, 0.6) is 5.75 Å². The molecule has 1 aromatic carbocycles. The molecular formula is C16H23BrO. The van der Waals surface area contributed by atoms with Crippen molar-refractivity contribution in [1.29, 1.82) is 0 Å². The summed E-state index contributed by atoms with van der Waals surface area (Å²) in [5.41, 5.74) is 3.00. The fourth-order valence-electron chi connectivity index (χ4n) is 2.66. The maximum atomic E-state index is 6.05. The van der Waals surface area contributed by atoms with E-state index in [9.17, 15) is 0 Å². The average molecular weight is 311 g/mol. The highest BCUT2D eigenvalue weighted by molar-refractivity contribution is 9.09. The smallest absolute Gasteiger partial charge is 0.119 e. The fraction of sp³-hybridized carbons (Fsp3) is 0.625. The zero-order chi connectivity index (χ0) is 13.0. The van der Waals surface area contributed by atoms with Crippen molar-refractivity contribution in [3.63, 3.8) is 0 Å². The van der Waals surface area contributed by atoms with E-state index < -0.39 is 0 Å². The number of halogens is 1. The van der Waals surface area contributed by atoms with Gasteiger partial charge in [-0.2, -0.15) is 0 Å². The lowest BCUT2D eigenvalue weighted by Crippen LogP contribution is -2.32. The fourth-order valence-corrected chi connectivity index (χ4v) is 3.38. The normalized spacial score (nSPS) is 18.6. The Morgan fingerprint density at radius 3 is 2.44 bits per heavy atom. The summed E-state index contributed by atoms with van der Waals surface area (Å²) >= 11 is 3.69. The van der Waals surface area contributed by atoms with Crippen LogP contribution in [0, 0.1) is 19.3 Å². The monoisotopic (exact) mass is 310 g/mol. The molecule has 0 radical (unpaired) electrons. The van der Waals surface area contributed by atoms with E-state index in [1.807, 2.05) is 0 Å². The Morgan fingerprint density at radius 2 is 1.83 bits per heavy atom. The zero-order valence-electron chi connectivity index (χ0n) is 11.5. The molecule has 18 heavy (non-hydrogen) atoms. The first-order valence-electron chi connectivity index (χ1n) is 6.91. The Kier molecular flexibility index (Phi) is 4.71. The van der Waals surface area contributed by atoms with E-state index in [0.717, 1.165) is 17.7 Å². The summed E-state index contributed by atoms with van der Waals surface area (Å²) < 4.78 is 6.05. The van der Waals surface area contributed by atoms with E-state index in [-0.39, 0.29) is 0 Å². The van der Waals surface area contributed by atoms with Gasteiger partial charge in [0, 0.05) is 10.7 Å². The van der Waals surface area contributed by atoms with Gasteiger partial charge >= 0.3 is 0 Å². The maximum Gasteiger partial charge on any atom is 0.119 e. The molecule has 2 rings (SSSR count). The third kappa shape index (κ3) is 3.28. The van der Waals surface area contributed by atoms with Crippen LogP contribution in [0.15, 0.2) is 18.2 Å². The third-order valence-electron chi connectivity index (χ3n) is 4.22. The van der Waals surface area contributed by atoms with Gasteiger partial charge in [-0.3, -0.25) is 0 Å². The van der Waals surface area contributed by atoms with Crippen LogP contribution >= 0.6 is 15.9 Å². The van der Waals surface area contributed by atoms with Crippen LogP contribution in [-0.4, -0.2) is 11.9 Å². The minimum absolute atomic E-state index is 0.358. The van der Waals surface area contributed by atoms with Gasteiger partial charge in [0.1, 0.15) is 5.75 Å². The summed E-state index contributed by atoms with van der Waals surface area (Å²) in [5.74, 6) is 1.02. The first kappa shape index (κ1) is 13.9. The van der Waals surface area contributed by atoms with Crippen molar-refractivity contribution < 1.29 is 4.74 Å². The predicted octanol–water partition coefficient (Wildman–Crippen LogP) is 5.03. The highest BCUT2D eigenvalue weighted by Crippen LogP contribution is 2.38. The first-order chi connectivity index (χ1) is 8.65. The molecule has 0 N–H and O–H groups in total. The van der Waals surface area contributed by atoms with Crippen molar-refractivity contribution in [2.24, 2.45) is 5.41 Å². The number of ether oxygens (including phenoxy) is 1. The summed E-state index contributed by atoms with van der Waals surface area (Å²) in [5, 5.41) is 1.06. The van der Waals surface area contributed by atoms with E-state index in [2.05, 4.69) is 48.0 Å². The number of hydrogen-bond acceptors (Lipinski definition) is 1. The second-order valence-corrected chi connectivity index (χ2v) is 6.29. The average Bonchev–Trinajstić information content (AvgIpc) is 2.41. The van der Waals surface area contributed by atoms with Gasteiger partial charge in [-0.05, 0) is 49.9 Å². The number of hydrogen-bond donors (Lipinski definition) is 0. The molecule has 1 saturated carbocycles. The lowest BCUT2D eigenvalue weighted by Gasteiger charge is -2.35. The van der Waals surface area contributed by atoms with Gasteiger partial charge < -0.3 is 4.74 Å². The quantitative estimate of drug-likeness (QED) is 0.709. The van der Waals surface area contributed by atoms with Gasteiger partial charge in [0.05, 0.1) is 6.61 Å². The standard InChI is InChI=1S/C16H23BrO/c1-13-6-7-15(10-14(13)2)18-12-16(11-17)8-4-3-5-9-16/h6-7,10H,3-5,8-9,11-12H2,1-2H3. The molecule has 0 atom stereocenters. The molecule has 0 unspecified atom stereocenters. The molecule has 0 spiro atoms. The van der Waals surface area contributed by atoms with Crippen molar-refractivity contribution in [2.45, 2.75) is 46.0 Å². The van der Waals surface area contributed by atoms with Crippen LogP contribution in [0.1, 0.15) is 43.2 Å².